The number of halogens is 3. The van der Waals surface area contributed by atoms with Crippen LogP contribution in [-0.4, -0.2) is 24.7 Å². The van der Waals surface area contributed by atoms with Gasteiger partial charge >= 0.3 is 6.18 Å². The average Bonchev–Trinajstić information content (AvgIpc) is 2.49. The van der Waals surface area contributed by atoms with E-state index in [9.17, 15) is 18.0 Å². The Hall–Kier alpha value is -1.72. The summed E-state index contributed by atoms with van der Waals surface area (Å²) in [5.74, 6) is -1.13. The van der Waals surface area contributed by atoms with Crippen molar-refractivity contribution >= 4 is 5.91 Å². The topological polar surface area (TPSA) is 38.3 Å². The van der Waals surface area contributed by atoms with Crippen LogP contribution in [0.4, 0.5) is 13.2 Å². The van der Waals surface area contributed by atoms with Crippen LogP contribution in [-0.2, 0) is 4.79 Å². The molecular weight excluding hydrogens is 319 g/mol. The van der Waals surface area contributed by atoms with Crippen molar-refractivity contribution in [2.45, 2.75) is 58.2 Å². The molecule has 0 aromatic heterocycles. The van der Waals surface area contributed by atoms with Crippen LogP contribution in [0.3, 0.4) is 0 Å². The standard InChI is InChI=1S/C18H24F3NO2/c1-12-7-8-16(13(2)11-12)24-10-9-17(23)22-15-6-4-3-5-14(15)18(19,20)21/h7-8,11,14-15H,3-6,9-10H2,1-2H3,(H,22,23). The molecule has 3 nitrogen and oxygen atoms in total. The Balaban J connectivity index is 1.82. The van der Waals surface area contributed by atoms with Gasteiger partial charge in [0.25, 0.3) is 0 Å². The van der Waals surface area contributed by atoms with Crippen LogP contribution in [0, 0.1) is 19.8 Å². The molecule has 2 rings (SSSR count). The molecule has 2 atom stereocenters. The first-order chi connectivity index (χ1) is 11.3. The molecule has 2 unspecified atom stereocenters. The van der Waals surface area contributed by atoms with E-state index >= 15 is 0 Å². The molecule has 0 bridgehead atoms. The fourth-order valence-corrected chi connectivity index (χ4v) is 3.19. The fraction of sp³-hybridized carbons (Fsp3) is 0.611. The van der Waals surface area contributed by atoms with Crippen LogP contribution < -0.4 is 10.1 Å². The number of benzene rings is 1. The lowest BCUT2D eigenvalue weighted by atomic mass is 9.84. The van der Waals surface area contributed by atoms with Gasteiger partial charge in [-0.2, -0.15) is 13.2 Å². The molecule has 0 spiro atoms. The van der Waals surface area contributed by atoms with Crippen molar-refractivity contribution < 1.29 is 22.7 Å². The fourth-order valence-electron chi connectivity index (χ4n) is 3.19. The molecule has 6 heteroatoms. The monoisotopic (exact) mass is 343 g/mol. The van der Waals surface area contributed by atoms with Crippen LogP contribution in [0.1, 0.15) is 43.2 Å². The number of carbonyl (C=O) groups is 1. The van der Waals surface area contributed by atoms with Gasteiger partial charge in [-0.25, -0.2) is 0 Å². The van der Waals surface area contributed by atoms with Crippen LogP contribution >= 0.6 is 0 Å². The largest absolute Gasteiger partial charge is 0.493 e. The minimum atomic E-state index is -4.26. The number of hydrogen-bond donors (Lipinski definition) is 1. The summed E-state index contributed by atoms with van der Waals surface area (Å²) in [6.07, 6.45) is -2.45. The molecule has 0 radical (unpaired) electrons. The molecule has 1 aromatic carbocycles. The van der Waals surface area contributed by atoms with Gasteiger partial charge in [-0.1, -0.05) is 30.5 Å². The van der Waals surface area contributed by atoms with E-state index in [0.717, 1.165) is 17.5 Å². The zero-order valence-electron chi connectivity index (χ0n) is 14.1. The molecule has 1 aliphatic carbocycles. The van der Waals surface area contributed by atoms with E-state index in [1.54, 1.807) is 0 Å². The zero-order valence-corrected chi connectivity index (χ0v) is 14.1. The lowest BCUT2D eigenvalue weighted by Crippen LogP contribution is -2.47. The Bertz CT molecular complexity index is 572. The second-order valence-electron chi connectivity index (χ2n) is 6.47. The Morgan fingerprint density at radius 1 is 1.25 bits per heavy atom. The Kier molecular flexibility index (Phi) is 6.13. The molecule has 1 N–H and O–H groups in total. The molecule has 1 aromatic rings. The summed E-state index contributed by atoms with van der Waals surface area (Å²) < 4.78 is 44.6. The first-order valence-electron chi connectivity index (χ1n) is 8.33. The van der Waals surface area contributed by atoms with Crippen LogP contribution in [0.5, 0.6) is 5.75 Å². The molecule has 1 amide bonds. The summed E-state index contributed by atoms with van der Waals surface area (Å²) in [5.41, 5.74) is 2.09. The van der Waals surface area contributed by atoms with Crippen LogP contribution in [0.25, 0.3) is 0 Å². The van der Waals surface area contributed by atoms with E-state index in [2.05, 4.69) is 5.32 Å². The molecule has 1 aliphatic rings. The smallest absolute Gasteiger partial charge is 0.393 e. The van der Waals surface area contributed by atoms with E-state index in [4.69, 9.17) is 4.74 Å². The van der Waals surface area contributed by atoms with Gasteiger partial charge in [0, 0.05) is 6.04 Å². The van der Waals surface area contributed by atoms with Gasteiger partial charge in [0.15, 0.2) is 0 Å². The van der Waals surface area contributed by atoms with Gasteiger partial charge < -0.3 is 10.1 Å². The quantitative estimate of drug-likeness (QED) is 0.865. The Morgan fingerprint density at radius 2 is 1.96 bits per heavy atom. The third-order valence-electron chi connectivity index (χ3n) is 4.45. The highest BCUT2D eigenvalue weighted by molar-refractivity contribution is 5.76. The number of rotatable bonds is 5. The molecule has 0 heterocycles. The predicted octanol–water partition coefficient (Wildman–Crippen LogP) is 4.31. The van der Waals surface area contributed by atoms with E-state index in [1.807, 2.05) is 32.0 Å². The summed E-state index contributed by atoms with van der Waals surface area (Å²) in [6.45, 7) is 4.04. The molecule has 0 aliphatic heterocycles. The number of hydrogen-bond acceptors (Lipinski definition) is 2. The van der Waals surface area contributed by atoms with Crippen molar-refractivity contribution in [2.24, 2.45) is 5.92 Å². The van der Waals surface area contributed by atoms with Crippen molar-refractivity contribution in [3.63, 3.8) is 0 Å². The van der Waals surface area contributed by atoms with Crippen molar-refractivity contribution in [3.05, 3.63) is 29.3 Å². The van der Waals surface area contributed by atoms with Gasteiger partial charge in [0.05, 0.1) is 18.9 Å². The van der Waals surface area contributed by atoms with Crippen LogP contribution in [0.2, 0.25) is 0 Å². The highest BCUT2D eigenvalue weighted by Crippen LogP contribution is 2.37. The van der Waals surface area contributed by atoms with Gasteiger partial charge in [-0.05, 0) is 38.3 Å². The third-order valence-corrected chi connectivity index (χ3v) is 4.45. The third kappa shape index (κ3) is 5.14. The number of aryl methyl sites for hydroxylation is 2. The summed E-state index contributed by atoms with van der Waals surface area (Å²) >= 11 is 0. The summed E-state index contributed by atoms with van der Waals surface area (Å²) in [6, 6.07) is 4.92. The molecule has 134 valence electrons. The van der Waals surface area contributed by atoms with Gasteiger partial charge in [0.2, 0.25) is 5.91 Å². The number of amides is 1. The maximum atomic E-state index is 13.0. The van der Waals surface area contributed by atoms with Crippen molar-refractivity contribution in [3.8, 4) is 5.75 Å². The van der Waals surface area contributed by atoms with Gasteiger partial charge in [-0.15, -0.1) is 0 Å². The maximum Gasteiger partial charge on any atom is 0.393 e. The predicted molar refractivity (Wildman–Crippen MR) is 86.0 cm³/mol. The zero-order chi connectivity index (χ0) is 17.7. The summed E-state index contributed by atoms with van der Waals surface area (Å²) in [5, 5.41) is 2.55. The average molecular weight is 343 g/mol. The van der Waals surface area contributed by atoms with E-state index in [-0.39, 0.29) is 25.4 Å². The number of alkyl halides is 3. The minimum Gasteiger partial charge on any atom is -0.493 e. The molecule has 0 saturated heterocycles. The van der Waals surface area contributed by atoms with Crippen molar-refractivity contribution in [1.82, 2.24) is 5.32 Å². The van der Waals surface area contributed by atoms with E-state index in [1.165, 1.54) is 0 Å². The van der Waals surface area contributed by atoms with Gasteiger partial charge in [0.1, 0.15) is 5.75 Å². The highest BCUT2D eigenvalue weighted by atomic mass is 19.4. The van der Waals surface area contributed by atoms with Crippen molar-refractivity contribution in [1.29, 1.82) is 0 Å². The van der Waals surface area contributed by atoms with E-state index < -0.39 is 18.1 Å². The second-order valence-corrected chi connectivity index (χ2v) is 6.47. The second kappa shape index (κ2) is 7.90. The number of carbonyl (C=O) groups excluding carboxylic acids is 1. The summed E-state index contributed by atoms with van der Waals surface area (Å²) in [7, 11) is 0. The molecular formula is C18H24F3NO2. The molecule has 1 saturated carbocycles. The van der Waals surface area contributed by atoms with Gasteiger partial charge in [-0.3, -0.25) is 4.79 Å². The Labute approximate surface area is 140 Å². The van der Waals surface area contributed by atoms with Crippen molar-refractivity contribution in [2.75, 3.05) is 6.61 Å². The van der Waals surface area contributed by atoms with E-state index in [0.29, 0.717) is 18.6 Å². The highest BCUT2D eigenvalue weighted by Gasteiger charge is 2.45. The normalized spacial score (nSPS) is 21.4. The first-order valence-corrected chi connectivity index (χ1v) is 8.33. The minimum absolute atomic E-state index is 0.0500. The number of nitrogens with one attached hydrogen (secondary N) is 1. The lowest BCUT2D eigenvalue weighted by Gasteiger charge is -2.33. The first kappa shape index (κ1) is 18.6. The van der Waals surface area contributed by atoms with Crippen LogP contribution in [0.15, 0.2) is 18.2 Å². The molecule has 1 fully saturated rings. The SMILES string of the molecule is Cc1ccc(OCCC(=O)NC2CCCCC2C(F)(F)F)c(C)c1. The lowest BCUT2D eigenvalue weighted by molar-refractivity contribution is -0.189. The maximum absolute atomic E-state index is 13.0. The number of ether oxygens (including phenoxy) is 1. The summed E-state index contributed by atoms with van der Waals surface area (Å²) in [4.78, 5) is 12.0. The molecule has 24 heavy (non-hydrogen) atoms. The Morgan fingerprint density at radius 3 is 2.62 bits per heavy atom.